The molecule has 0 unspecified atom stereocenters. The lowest BCUT2D eigenvalue weighted by molar-refractivity contribution is -0.118. The molecular formula is C28H31N3O3S2. The van der Waals surface area contributed by atoms with Gasteiger partial charge in [0.1, 0.15) is 5.75 Å². The van der Waals surface area contributed by atoms with Crippen molar-refractivity contribution in [3.05, 3.63) is 68.5 Å². The van der Waals surface area contributed by atoms with Crippen LogP contribution in [-0.4, -0.2) is 24.1 Å². The lowest BCUT2D eigenvalue weighted by atomic mass is 9.70. The number of hydrogen-bond acceptors (Lipinski definition) is 7. The fourth-order valence-electron chi connectivity index (χ4n) is 4.56. The van der Waals surface area contributed by atoms with Gasteiger partial charge in [-0.1, -0.05) is 51.1 Å². The van der Waals surface area contributed by atoms with Crippen molar-refractivity contribution in [2.45, 2.75) is 52.4 Å². The van der Waals surface area contributed by atoms with Crippen LogP contribution in [0.15, 0.2) is 63.7 Å². The van der Waals surface area contributed by atoms with Gasteiger partial charge in [-0.2, -0.15) is 5.26 Å². The average molecular weight is 522 g/mol. The number of amides is 1. The maximum absolute atomic E-state index is 13.2. The number of dihydropyridines is 1. The van der Waals surface area contributed by atoms with E-state index >= 15 is 0 Å². The molecule has 2 aliphatic rings. The van der Waals surface area contributed by atoms with Gasteiger partial charge < -0.3 is 15.4 Å². The van der Waals surface area contributed by atoms with E-state index in [4.69, 9.17) is 4.74 Å². The van der Waals surface area contributed by atoms with Gasteiger partial charge in [0.2, 0.25) is 5.91 Å². The fourth-order valence-corrected chi connectivity index (χ4v) is 6.27. The second-order valence-corrected chi connectivity index (χ2v) is 11.8. The van der Waals surface area contributed by atoms with E-state index in [-0.39, 0.29) is 22.9 Å². The number of nitrogens with one attached hydrogen (secondary N) is 2. The van der Waals surface area contributed by atoms with Gasteiger partial charge in [0, 0.05) is 34.3 Å². The van der Waals surface area contributed by atoms with Crippen molar-refractivity contribution in [3.63, 3.8) is 0 Å². The van der Waals surface area contributed by atoms with Gasteiger partial charge in [-0.05, 0) is 41.8 Å². The first-order valence-corrected chi connectivity index (χ1v) is 14.0. The van der Waals surface area contributed by atoms with E-state index in [1.54, 1.807) is 11.3 Å². The van der Waals surface area contributed by atoms with Crippen LogP contribution in [0.3, 0.4) is 0 Å². The normalized spacial score (nSPS) is 18.8. The molecule has 8 heteroatoms. The Morgan fingerprint density at radius 1 is 1.31 bits per heavy atom. The van der Waals surface area contributed by atoms with Gasteiger partial charge in [-0.25, -0.2) is 0 Å². The van der Waals surface area contributed by atoms with Crippen LogP contribution in [0.2, 0.25) is 0 Å². The van der Waals surface area contributed by atoms with Crippen LogP contribution in [-0.2, 0) is 9.59 Å². The number of Topliss-reactive ketones (excluding diaryl/α,β-unsaturated/α-hetero) is 1. The second-order valence-electron chi connectivity index (χ2n) is 9.83. The second kappa shape index (κ2) is 11.4. The molecule has 0 bridgehead atoms. The first-order chi connectivity index (χ1) is 17.3. The average Bonchev–Trinajstić information content (AvgIpc) is 3.36. The lowest BCUT2D eigenvalue weighted by Gasteiger charge is -2.38. The number of ketones is 1. The van der Waals surface area contributed by atoms with Crippen molar-refractivity contribution < 1.29 is 14.3 Å². The van der Waals surface area contributed by atoms with Crippen LogP contribution >= 0.6 is 23.1 Å². The van der Waals surface area contributed by atoms with E-state index in [0.29, 0.717) is 34.9 Å². The summed E-state index contributed by atoms with van der Waals surface area (Å²) in [6.45, 7) is 6.92. The van der Waals surface area contributed by atoms with Crippen LogP contribution in [0.1, 0.15) is 57.2 Å². The Morgan fingerprint density at radius 3 is 2.86 bits per heavy atom. The number of hydrogen-bond donors (Lipinski definition) is 2. The number of benzene rings is 1. The number of nitrogens with zero attached hydrogens (tertiary/aromatic N) is 1. The summed E-state index contributed by atoms with van der Waals surface area (Å²) in [7, 11) is 0. The molecule has 0 saturated carbocycles. The van der Waals surface area contributed by atoms with Gasteiger partial charge in [0.15, 0.2) is 5.78 Å². The van der Waals surface area contributed by atoms with E-state index in [1.165, 1.54) is 11.8 Å². The van der Waals surface area contributed by atoms with Crippen LogP contribution in [0.25, 0.3) is 0 Å². The molecule has 6 nitrogen and oxygen atoms in total. The molecule has 2 N–H and O–H groups in total. The maximum atomic E-state index is 13.2. The molecule has 0 fully saturated rings. The Kier molecular flexibility index (Phi) is 8.22. The van der Waals surface area contributed by atoms with Gasteiger partial charge in [-0.15, -0.1) is 11.3 Å². The van der Waals surface area contributed by atoms with E-state index in [1.807, 2.05) is 41.8 Å². The highest BCUT2D eigenvalue weighted by Crippen LogP contribution is 2.48. The summed E-state index contributed by atoms with van der Waals surface area (Å²) in [6, 6.07) is 13.6. The predicted molar refractivity (Wildman–Crippen MR) is 146 cm³/mol. The zero-order valence-corrected chi connectivity index (χ0v) is 22.5. The van der Waals surface area contributed by atoms with Gasteiger partial charge in [0.05, 0.1) is 34.9 Å². The molecule has 0 saturated heterocycles. The van der Waals surface area contributed by atoms with Crippen LogP contribution in [0, 0.1) is 16.7 Å². The molecule has 2 heterocycles. The fraction of sp³-hybridized carbons (Fsp3) is 0.393. The zero-order valence-electron chi connectivity index (χ0n) is 20.8. The quantitative estimate of drug-likeness (QED) is 0.373. The summed E-state index contributed by atoms with van der Waals surface area (Å²) in [5, 5.41) is 19.0. The van der Waals surface area contributed by atoms with Gasteiger partial charge >= 0.3 is 0 Å². The maximum Gasteiger partial charge on any atom is 0.234 e. The third-order valence-corrected chi connectivity index (χ3v) is 8.14. The SMILES string of the molecule is CCCCOc1cccc(NC(=O)CSC2=C(C#N)[C@@H](c3cccs3)C3=C(CC(C)(C)CC3=O)N2)c1. The summed E-state index contributed by atoms with van der Waals surface area (Å²) in [5.41, 5.74) is 2.57. The first kappa shape index (κ1) is 26.1. The molecule has 36 heavy (non-hydrogen) atoms. The third-order valence-electron chi connectivity index (χ3n) is 6.19. The molecule has 0 radical (unpaired) electrons. The van der Waals surface area contributed by atoms with Crippen molar-refractivity contribution in [1.29, 1.82) is 5.26 Å². The van der Waals surface area contributed by atoms with Crippen LogP contribution < -0.4 is 15.4 Å². The summed E-state index contributed by atoms with van der Waals surface area (Å²) in [5.74, 6) is 0.371. The number of nitriles is 1. The lowest BCUT2D eigenvalue weighted by Crippen LogP contribution is -2.36. The van der Waals surface area contributed by atoms with Crippen LogP contribution in [0.4, 0.5) is 5.69 Å². The highest BCUT2D eigenvalue weighted by Gasteiger charge is 2.42. The molecule has 4 rings (SSSR count). The summed E-state index contributed by atoms with van der Waals surface area (Å²) < 4.78 is 5.73. The van der Waals surface area contributed by atoms with E-state index < -0.39 is 5.92 Å². The molecule has 188 valence electrons. The molecule has 0 spiro atoms. The number of unbranched alkanes of at least 4 members (excludes halogenated alkanes) is 1. The molecule has 1 aromatic heterocycles. The first-order valence-electron chi connectivity index (χ1n) is 12.2. The minimum Gasteiger partial charge on any atom is -0.494 e. The molecule has 2 aromatic rings. The molecular weight excluding hydrogens is 490 g/mol. The molecule has 1 aliphatic carbocycles. The molecule has 1 aliphatic heterocycles. The topological polar surface area (TPSA) is 91.2 Å². The zero-order chi connectivity index (χ0) is 25.7. The summed E-state index contributed by atoms with van der Waals surface area (Å²) in [6.07, 6.45) is 3.21. The minimum absolute atomic E-state index is 0.0859. The Morgan fingerprint density at radius 2 is 2.14 bits per heavy atom. The van der Waals surface area contributed by atoms with E-state index in [0.717, 1.165) is 35.6 Å². The summed E-state index contributed by atoms with van der Waals surface area (Å²) >= 11 is 2.84. The molecule has 1 aromatic carbocycles. The van der Waals surface area contributed by atoms with E-state index in [9.17, 15) is 14.9 Å². The largest absolute Gasteiger partial charge is 0.494 e. The monoisotopic (exact) mass is 521 g/mol. The van der Waals surface area contributed by atoms with Gasteiger partial charge in [0.25, 0.3) is 0 Å². The van der Waals surface area contributed by atoms with Gasteiger partial charge in [-0.3, -0.25) is 9.59 Å². The Labute approximate surface area is 220 Å². The standard InChI is InChI=1S/C28H31N3O3S2/c1-4-5-11-34-19-9-6-8-18(13-19)30-24(33)17-36-27-20(16-29)25(23-10-7-12-35-23)26-21(31-27)14-28(2,3)15-22(26)32/h6-10,12-13,25,31H,4-5,11,14-15,17H2,1-3H3,(H,30,33)/t25-/m0/s1. The number of anilines is 1. The van der Waals surface area contributed by atoms with Crippen molar-refractivity contribution in [2.75, 3.05) is 17.7 Å². The predicted octanol–water partition coefficient (Wildman–Crippen LogP) is 6.36. The summed E-state index contributed by atoms with van der Waals surface area (Å²) in [4.78, 5) is 27.0. The van der Waals surface area contributed by atoms with Crippen LogP contribution in [0.5, 0.6) is 5.75 Å². The smallest absolute Gasteiger partial charge is 0.234 e. The number of rotatable bonds is 9. The third kappa shape index (κ3) is 6.03. The Hall–Kier alpha value is -3.02. The van der Waals surface area contributed by atoms with Crippen molar-refractivity contribution in [2.24, 2.45) is 5.41 Å². The molecule has 1 atom stereocenters. The number of thiophene rings is 1. The minimum atomic E-state index is -0.391. The highest BCUT2D eigenvalue weighted by molar-refractivity contribution is 8.03. The van der Waals surface area contributed by atoms with E-state index in [2.05, 4.69) is 37.5 Å². The highest BCUT2D eigenvalue weighted by atomic mass is 32.2. The van der Waals surface area contributed by atoms with Crippen molar-refractivity contribution in [3.8, 4) is 11.8 Å². The Balaban J connectivity index is 1.51. The number of ether oxygens (including phenoxy) is 1. The number of thioether (sulfide) groups is 1. The molecule has 1 amide bonds. The number of carbonyl (C=O) groups is 2. The number of carbonyl (C=O) groups excluding carboxylic acids is 2. The van der Waals surface area contributed by atoms with Crippen molar-refractivity contribution in [1.82, 2.24) is 5.32 Å². The Bertz CT molecular complexity index is 1240. The van der Waals surface area contributed by atoms with Crippen molar-refractivity contribution >= 4 is 40.5 Å². The number of allylic oxidation sites excluding steroid dienone is 3.